The van der Waals surface area contributed by atoms with Crippen molar-refractivity contribution in [2.24, 2.45) is 0 Å². The average Bonchev–Trinajstić information content (AvgIpc) is 2.61. The fraction of sp³-hybridized carbons (Fsp3) is 0.200. The lowest BCUT2D eigenvalue weighted by atomic mass is 10.3. The molecule has 0 spiro atoms. The maximum Gasteiger partial charge on any atom is 0.221 e. The van der Waals surface area contributed by atoms with Crippen molar-refractivity contribution in [1.29, 1.82) is 0 Å². The maximum absolute atomic E-state index is 5.48. The van der Waals surface area contributed by atoms with Gasteiger partial charge < -0.3 is 11.1 Å². The Kier molecular flexibility index (Phi) is 2.82. The Morgan fingerprint density at radius 2 is 2.33 bits per heavy atom. The lowest BCUT2D eigenvalue weighted by Gasteiger charge is -2.04. The van der Waals surface area contributed by atoms with E-state index < -0.39 is 0 Å². The zero-order valence-corrected chi connectivity index (χ0v) is 9.21. The lowest BCUT2D eigenvalue weighted by Crippen LogP contribution is -2.03. The molecule has 2 rings (SSSR count). The van der Waals surface area contributed by atoms with Gasteiger partial charge in [0.2, 0.25) is 5.95 Å². The van der Waals surface area contributed by atoms with Crippen LogP contribution in [0.1, 0.15) is 10.4 Å². The van der Waals surface area contributed by atoms with E-state index >= 15 is 0 Å². The smallest absolute Gasteiger partial charge is 0.221 e. The van der Waals surface area contributed by atoms with Crippen molar-refractivity contribution >= 4 is 23.1 Å². The van der Waals surface area contributed by atoms with E-state index in [1.807, 2.05) is 0 Å². The van der Waals surface area contributed by atoms with Crippen LogP contribution in [-0.4, -0.2) is 9.97 Å². The number of nitrogens with two attached hydrogens (primary N) is 1. The molecule has 0 aliphatic rings. The number of rotatable bonds is 3. The first-order valence-electron chi connectivity index (χ1n) is 4.61. The quantitative estimate of drug-likeness (QED) is 0.830. The minimum absolute atomic E-state index is 0.294. The molecule has 5 heteroatoms. The van der Waals surface area contributed by atoms with Crippen molar-refractivity contribution < 1.29 is 0 Å². The Hall–Kier alpha value is -1.62. The first-order valence-corrected chi connectivity index (χ1v) is 5.49. The standard InChI is InChI=1S/C10H12N4S/c1-7-3-5-15-8(7)6-13-9-2-4-12-10(11)14-9/h2-5H,6H2,1H3,(H3,11,12,13,14). The molecular formula is C10H12N4S. The first kappa shape index (κ1) is 9.92. The third-order valence-corrected chi connectivity index (χ3v) is 3.10. The number of thiophene rings is 1. The molecule has 0 aromatic carbocycles. The molecule has 2 heterocycles. The van der Waals surface area contributed by atoms with Gasteiger partial charge in [-0.3, -0.25) is 0 Å². The molecule has 78 valence electrons. The molecule has 2 aromatic heterocycles. The van der Waals surface area contributed by atoms with Gasteiger partial charge in [-0.1, -0.05) is 0 Å². The topological polar surface area (TPSA) is 63.8 Å². The summed E-state index contributed by atoms with van der Waals surface area (Å²) in [6.07, 6.45) is 1.64. The highest BCUT2D eigenvalue weighted by atomic mass is 32.1. The number of aromatic nitrogens is 2. The molecule has 0 bridgehead atoms. The van der Waals surface area contributed by atoms with Crippen LogP contribution in [0.5, 0.6) is 0 Å². The molecule has 0 atom stereocenters. The molecule has 0 saturated heterocycles. The van der Waals surface area contributed by atoms with Crippen molar-refractivity contribution in [2.45, 2.75) is 13.5 Å². The van der Waals surface area contributed by atoms with E-state index in [0.29, 0.717) is 5.95 Å². The van der Waals surface area contributed by atoms with Crippen molar-refractivity contribution in [1.82, 2.24) is 9.97 Å². The van der Waals surface area contributed by atoms with Crippen molar-refractivity contribution in [2.75, 3.05) is 11.1 Å². The van der Waals surface area contributed by atoms with Gasteiger partial charge in [-0.2, -0.15) is 4.98 Å². The predicted octanol–water partition coefficient (Wildman–Crippen LogP) is 2.04. The zero-order valence-electron chi connectivity index (χ0n) is 8.40. The maximum atomic E-state index is 5.48. The highest BCUT2D eigenvalue weighted by Crippen LogP contribution is 2.16. The molecule has 4 nitrogen and oxygen atoms in total. The minimum atomic E-state index is 0.294. The van der Waals surface area contributed by atoms with Gasteiger partial charge >= 0.3 is 0 Å². The molecule has 0 unspecified atom stereocenters. The molecule has 0 aliphatic heterocycles. The monoisotopic (exact) mass is 220 g/mol. The Bertz CT molecular complexity index is 452. The summed E-state index contributed by atoms with van der Waals surface area (Å²) in [7, 11) is 0. The van der Waals surface area contributed by atoms with E-state index in [9.17, 15) is 0 Å². The number of hydrogen-bond donors (Lipinski definition) is 2. The molecule has 0 saturated carbocycles. The summed E-state index contributed by atoms with van der Waals surface area (Å²) >= 11 is 1.74. The Morgan fingerprint density at radius 3 is 3.00 bits per heavy atom. The fourth-order valence-electron chi connectivity index (χ4n) is 1.23. The van der Waals surface area contributed by atoms with Gasteiger partial charge in [0, 0.05) is 11.1 Å². The van der Waals surface area contributed by atoms with E-state index in [4.69, 9.17) is 5.73 Å². The second-order valence-corrected chi connectivity index (χ2v) is 4.18. The fourth-order valence-corrected chi connectivity index (χ4v) is 2.07. The van der Waals surface area contributed by atoms with E-state index in [2.05, 4.69) is 33.7 Å². The van der Waals surface area contributed by atoms with E-state index in [1.165, 1.54) is 10.4 Å². The second-order valence-electron chi connectivity index (χ2n) is 3.18. The summed E-state index contributed by atoms with van der Waals surface area (Å²) in [4.78, 5) is 9.21. The van der Waals surface area contributed by atoms with Crippen LogP contribution in [-0.2, 0) is 6.54 Å². The Labute approximate surface area is 92.2 Å². The number of hydrogen-bond acceptors (Lipinski definition) is 5. The third-order valence-electron chi connectivity index (χ3n) is 2.07. The van der Waals surface area contributed by atoms with Crippen LogP contribution in [0.4, 0.5) is 11.8 Å². The SMILES string of the molecule is Cc1ccsc1CNc1ccnc(N)n1. The Balaban J connectivity index is 2.02. The second kappa shape index (κ2) is 4.27. The normalized spacial score (nSPS) is 10.2. The number of nitrogens with zero attached hydrogens (tertiary/aromatic N) is 2. The summed E-state index contributed by atoms with van der Waals surface area (Å²) in [5.41, 5.74) is 6.78. The van der Waals surface area contributed by atoms with Crippen LogP contribution in [0, 0.1) is 6.92 Å². The van der Waals surface area contributed by atoms with Crippen LogP contribution in [0.15, 0.2) is 23.7 Å². The van der Waals surface area contributed by atoms with Crippen molar-refractivity contribution in [3.63, 3.8) is 0 Å². The largest absolute Gasteiger partial charge is 0.368 e. The summed E-state index contributed by atoms with van der Waals surface area (Å²) in [5, 5.41) is 5.29. The average molecular weight is 220 g/mol. The summed E-state index contributed by atoms with van der Waals surface area (Å²) in [6, 6.07) is 3.91. The van der Waals surface area contributed by atoms with Gasteiger partial charge in [0.15, 0.2) is 0 Å². The van der Waals surface area contributed by atoms with Crippen LogP contribution in [0.3, 0.4) is 0 Å². The highest BCUT2D eigenvalue weighted by molar-refractivity contribution is 7.10. The lowest BCUT2D eigenvalue weighted by molar-refractivity contribution is 1.10. The van der Waals surface area contributed by atoms with Crippen molar-refractivity contribution in [3.05, 3.63) is 34.2 Å². The first-order chi connectivity index (χ1) is 7.25. The van der Waals surface area contributed by atoms with E-state index in [0.717, 1.165) is 12.4 Å². The van der Waals surface area contributed by atoms with Gasteiger partial charge in [-0.25, -0.2) is 4.98 Å². The van der Waals surface area contributed by atoms with Crippen LogP contribution < -0.4 is 11.1 Å². The van der Waals surface area contributed by atoms with Gasteiger partial charge in [0.25, 0.3) is 0 Å². The summed E-state index contributed by atoms with van der Waals surface area (Å²) in [6.45, 7) is 2.88. The summed E-state index contributed by atoms with van der Waals surface area (Å²) in [5.74, 6) is 1.05. The molecule has 15 heavy (non-hydrogen) atoms. The molecule has 0 fully saturated rings. The number of anilines is 2. The van der Waals surface area contributed by atoms with Crippen LogP contribution in [0.25, 0.3) is 0 Å². The van der Waals surface area contributed by atoms with E-state index in [1.54, 1.807) is 23.6 Å². The molecule has 2 aromatic rings. The van der Waals surface area contributed by atoms with Gasteiger partial charge in [0.1, 0.15) is 5.82 Å². The summed E-state index contributed by atoms with van der Waals surface area (Å²) < 4.78 is 0. The third kappa shape index (κ3) is 2.44. The molecule has 0 aliphatic carbocycles. The highest BCUT2D eigenvalue weighted by Gasteiger charge is 2.00. The minimum Gasteiger partial charge on any atom is -0.368 e. The van der Waals surface area contributed by atoms with Crippen molar-refractivity contribution in [3.8, 4) is 0 Å². The van der Waals surface area contributed by atoms with Crippen LogP contribution >= 0.6 is 11.3 Å². The van der Waals surface area contributed by atoms with Gasteiger partial charge in [-0.15, -0.1) is 11.3 Å². The number of nitrogens with one attached hydrogen (secondary N) is 1. The zero-order chi connectivity index (χ0) is 10.7. The van der Waals surface area contributed by atoms with Gasteiger partial charge in [-0.05, 0) is 30.0 Å². The molecule has 0 radical (unpaired) electrons. The van der Waals surface area contributed by atoms with Gasteiger partial charge in [0.05, 0.1) is 6.54 Å². The molecule has 3 N–H and O–H groups in total. The molecular weight excluding hydrogens is 208 g/mol. The number of nitrogen functional groups attached to an aromatic ring is 1. The molecule has 0 amide bonds. The number of aryl methyl sites for hydroxylation is 1. The Morgan fingerprint density at radius 1 is 1.47 bits per heavy atom. The van der Waals surface area contributed by atoms with E-state index in [-0.39, 0.29) is 0 Å². The van der Waals surface area contributed by atoms with Crippen LogP contribution in [0.2, 0.25) is 0 Å². The predicted molar refractivity (Wildman–Crippen MR) is 62.8 cm³/mol.